The molecule has 142 valence electrons. The Morgan fingerprint density at radius 1 is 1.04 bits per heavy atom. The van der Waals surface area contributed by atoms with Gasteiger partial charge in [-0.15, -0.1) is 0 Å². The summed E-state index contributed by atoms with van der Waals surface area (Å²) in [7, 11) is 0. The summed E-state index contributed by atoms with van der Waals surface area (Å²) in [5, 5.41) is 5.93. The van der Waals surface area contributed by atoms with Crippen LogP contribution in [0.4, 0.5) is 5.69 Å². The minimum atomic E-state index is -0.130. The molecule has 5 nitrogen and oxygen atoms in total. The zero-order chi connectivity index (χ0) is 19.2. The van der Waals surface area contributed by atoms with E-state index in [1.807, 2.05) is 43.3 Å². The number of carbonyl (C=O) groups is 2. The fraction of sp³-hybridized carbons (Fsp3) is 0.364. The van der Waals surface area contributed by atoms with Crippen LogP contribution in [0.1, 0.15) is 52.7 Å². The lowest BCUT2D eigenvalue weighted by atomic mass is 10.1. The lowest BCUT2D eigenvalue weighted by Crippen LogP contribution is -2.23. The normalized spacial score (nSPS) is 14.1. The van der Waals surface area contributed by atoms with E-state index in [1.54, 1.807) is 6.07 Å². The van der Waals surface area contributed by atoms with Gasteiger partial charge in [0, 0.05) is 30.3 Å². The first-order valence-electron chi connectivity index (χ1n) is 9.54. The predicted octanol–water partition coefficient (Wildman–Crippen LogP) is 3.51. The zero-order valence-corrected chi connectivity index (χ0v) is 15.8. The van der Waals surface area contributed by atoms with Gasteiger partial charge in [-0.25, -0.2) is 0 Å². The number of nitrogens with two attached hydrogens (primary N) is 1. The molecule has 2 aromatic rings. The monoisotopic (exact) mass is 365 g/mol. The van der Waals surface area contributed by atoms with E-state index in [0.717, 1.165) is 48.1 Å². The molecular weight excluding hydrogens is 338 g/mol. The molecule has 2 amide bonds. The summed E-state index contributed by atoms with van der Waals surface area (Å²) in [6.45, 7) is 2.88. The van der Waals surface area contributed by atoms with E-state index in [-0.39, 0.29) is 17.7 Å². The number of hydrogen-bond acceptors (Lipinski definition) is 3. The van der Waals surface area contributed by atoms with E-state index >= 15 is 0 Å². The van der Waals surface area contributed by atoms with Gasteiger partial charge in [-0.3, -0.25) is 9.59 Å². The molecule has 0 radical (unpaired) electrons. The molecule has 0 aliphatic heterocycles. The summed E-state index contributed by atoms with van der Waals surface area (Å²) in [6.07, 6.45) is 4.20. The number of anilines is 1. The van der Waals surface area contributed by atoms with Crippen LogP contribution in [0.3, 0.4) is 0 Å². The average Bonchev–Trinajstić information content (AvgIpc) is 3.23. The Kier molecular flexibility index (Phi) is 6.24. The van der Waals surface area contributed by atoms with Gasteiger partial charge in [0.25, 0.3) is 5.91 Å². The molecule has 0 atom stereocenters. The van der Waals surface area contributed by atoms with Crippen LogP contribution in [0, 0.1) is 12.8 Å². The Morgan fingerprint density at radius 2 is 1.70 bits per heavy atom. The topological polar surface area (TPSA) is 84.2 Å². The van der Waals surface area contributed by atoms with E-state index in [4.69, 9.17) is 5.73 Å². The smallest absolute Gasteiger partial charge is 0.251 e. The van der Waals surface area contributed by atoms with Crippen molar-refractivity contribution in [2.75, 3.05) is 5.32 Å². The molecule has 0 bridgehead atoms. The van der Waals surface area contributed by atoms with Crippen molar-refractivity contribution in [2.45, 2.75) is 45.7 Å². The second-order valence-electron chi connectivity index (χ2n) is 7.20. The molecule has 27 heavy (non-hydrogen) atoms. The number of carbonyl (C=O) groups excluding carboxylic acids is 2. The zero-order valence-electron chi connectivity index (χ0n) is 15.8. The molecule has 3 rings (SSSR count). The Hall–Kier alpha value is -2.66. The number of hydrogen-bond donors (Lipinski definition) is 3. The van der Waals surface area contributed by atoms with Crippen molar-refractivity contribution < 1.29 is 9.59 Å². The maximum Gasteiger partial charge on any atom is 0.251 e. The van der Waals surface area contributed by atoms with Crippen LogP contribution in [0.5, 0.6) is 0 Å². The first kappa shape index (κ1) is 19.1. The van der Waals surface area contributed by atoms with E-state index in [9.17, 15) is 9.59 Å². The maximum absolute atomic E-state index is 12.4. The van der Waals surface area contributed by atoms with Gasteiger partial charge in [0.15, 0.2) is 0 Å². The second kappa shape index (κ2) is 8.82. The molecule has 0 saturated heterocycles. The van der Waals surface area contributed by atoms with Gasteiger partial charge >= 0.3 is 0 Å². The Labute approximate surface area is 160 Å². The standard InChI is InChI=1S/C22H27N3O2/c1-15-12-19(10-11-20(15)25-22(27)18-4-2-3-5-18)21(26)24-14-17-8-6-16(13-23)7-9-17/h6-12,18H,2-5,13-14,23H2,1H3,(H,24,26)(H,25,27). The summed E-state index contributed by atoms with van der Waals surface area (Å²) in [6, 6.07) is 13.3. The predicted molar refractivity (Wildman–Crippen MR) is 107 cm³/mol. The van der Waals surface area contributed by atoms with Crippen molar-refractivity contribution in [1.82, 2.24) is 5.32 Å². The summed E-state index contributed by atoms with van der Waals surface area (Å²) in [5.74, 6) is 0.0847. The number of aryl methyl sites for hydroxylation is 1. The molecule has 1 aliphatic rings. The van der Waals surface area contributed by atoms with Crippen LogP contribution in [0.25, 0.3) is 0 Å². The van der Waals surface area contributed by atoms with Crippen molar-refractivity contribution >= 4 is 17.5 Å². The van der Waals surface area contributed by atoms with Crippen LogP contribution >= 0.6 is 0 Å². The minimum Gasteiger partial charge on any atom is -0.348 e. The molecule has 0 spiro atoms. The summed E-state index contributed by atoms with van der Waals surface area (Å²) >= 11 is 0. The molecule has 5 heteroatoms. The summed E-state index contributed by atoms with van der Waals surface area (Å²) in [5.41, 5.74) is 9.94. The molecule has 1 aliphatic carbocycles. The molecule has 2 aromatic carbocycles. The Morgan fingerprint density at radius 3 is 2.33 bits per heavy atom. The fourth-order valence-electron chi connectivity index (χ4n) is 3.45. The number of nitrogens with one attached hydrogen (secondary N) is 2. The number of rotatable bonds is 6. The van der Waals surface area contributed by atoms with Crippen LogP contribution in [-0.2, 0) is 17.9 Å². The minimum absolute atomic E-state index is 0.0914. The number of benzene rings is 2. The van der Waals surface area contributed by atoms with E-state index in [2.05, 4.69) is 10.6 Å². The quantitative estimate of drug-likeness (QED) is 0.732. The van der Waals surface area contributed by atoms with Crippen molar-refractivity contribution in [1.29, 1.82) is 0 Å². The average molecular weight is 365 g/mol. The molecule has 1 saturated carbocycles. The SMILES string of the molecule is Cc1cc(C(=O)NCc2ccc(CN)cc2)ccc1NC(=O)C1CCCC1. The fourth-order valence-corrected chi connectivity index (χ4v) is 3.45. The van der Waals surface area contributed by atoms with Crippen molar-refractivity contribution in [2.24, 2.45) is 11.7 Å². The Bertz CT molecular complexity index is 809. The molecule has 0 unspecified atom stereocenters. The van der Waals surface area contributed by atoms with Crippen molar-refractivity contribution in [3.63, 3.8) is 0 Å². The molecule has 0 heterocycles. The van der Waals surface area contributed by atoms with Crippen molar-refractivity contribution in [3.8, 4) is 0 Å². The number of amides is 2. The third-order valence-electron chi connectivity index (χ3n) is 5.18. The maximum atomic E-state index is 12.4. The third kappa shape index (κ3) is 4.95. The third-order valence-corrected chi connectivity index (χ3v) is 5.18. The van der Waals surface area contributed by atoms with E-state index in [1.165, 1.54) is 0 Å². The molecule has 1 fully saturated rings. The first-order valence-corrected chi connectivity index (χ1v) is 9.54. The van der Waals surface area contributed by atoms with Crippen LogP contribution in [0.2, 0.25) is 0 Å². The molecular formula is C22H27N3O2. The highest BCUT2D eigenvalue weighted by Crippen LogP contribution is 2.27. The van der Waals surface area contributed by atoms with Gasteiger partial charge in [0.05, 0.1) is 0 Å². The molecule has 0 aromatic heterocycles. The highest BCUT2D eigenvalue weighted by atomic mass is 16.2. The second-order valence-corrected chi connectivity index (χ2v) is 7.20. The van der Waals surface area contributed by atoms with Gasteiger partial charge in [-0.05, 0) is 54.7 Å². The lowest BCUT2D eigenvalue weighted by molar-refractivity contribution is -0.119. The van der Waals surface area contributed by atoms with E-state index in [0.29, 0.717) is 18.7 Å². The van der Waals surface area contributed by atoms with Crippen molar-refractivity contribution in [3.05, 3.63) is 64.7 Å². The van der Waals surface area contributed by atoms with Gasteiger partial charge in [-0.1, -0.05) is 37.1 Å². The summed E-state index contributed by atoms with van der Waals surface area (Å²) in [4.78, 5) is 24.7. The van der Waals surface area contributed by atoms with Gasteiger partial charge in [-0.2, -0.15) is 0 Å². The van der Waals surface area contributed by atoms with Gasteiger partial charge in [0.2, 0.25) is 5.91 Å². The van der Waals surface area contributed by atoms with Crippen LogP contribution < -0.4 is 16.4 Å². The molecule has 4 N–H and O–H groups in total. The van der Waals surface area contributed by atoms with E-state index < -0.39 is 0 Å². The summed E-state index contributed by atoms with van der Waals surface area (Å²) < 4.78 is 0. The Balaban J connectivity index is 1.58. The highest BCUT2D eigenvalue weighted by molar-refractivity contribution is 5.97. The van der Waals surface area contributed by atoms with Gasteiger partial charge in [0.1, 0.15) is 0 Å². The highest BCUT2D eigenvalue weighted by Gasteiger charge is 2.23. The van der Waals surface area contributed by atoms with Crippen LogP contribution in [0.15, 0.2) is 42.5 Å². The lowest BCUT2D eigenvalue weighted by Gasteiger charge is -2.13. The first-order chi connectivity index (χ1) is 13.1. The van der Waals surface area contributed by atoms with Gasteiger partial charge < -0.3 is 16.4 Å². The largest absolute Gasteiger partial charge is 0.348 e. The van der Waals surface area contributed by atoms with Crippen LogP contribution in [-0.4, -0.2) is 11.8 Å².